The number of aliphatic hydroxyl groups is 1. The molecule has 0 bridgehead atoms. The van der Waals surface area contributed by atoms with E-state index >= 15 is 0 Å². The minimum Gasteiger partial charge on any atom is -0.396 e. The monoisotopic (exact) mass is 198 g/mol. The van der Waals surface area contributed by atoms with Gasteiger partial charge in [-0.1, -0.05) is 0 Å². The zero-order valence-electron chi connectivity index (χ0n) is 8.86. The maximum absolute atomic E-state index is 9.08. The van der Waals surface area contributed by atoms with Gasteiger partial charge < -0.3 is 15.7 Å². The lowest BCUT2D eigenvalue weighted by molar-refractivity contribution is 0.163. The van der Waals surface area contributed by atoms with E-state index in [-0.39, 0.29) is 0 Å². The Kier molecular flexibility index (Phi) is 3.42. The van der Waals surface area contributed by atoms with Gasteiger partial charge in [-0.3, -0.25) is 0 Å². The van der Waals surface area contributed by atoms with E-state index < -0.39 is 0 Å². The van der Waals surface area contributed by atoms with Gasteiger partial charge in [0.25, 0.3) is 0 Å². The largest absolute Gasteiger partial charge is 0.396 e. The Morgan fingerprint density at radius 1 is 1.14 bits per heavy atom. The molecule has 3 heteroatoms. The Balaban J connectivity index is 1.79. The summed E-state index contributed by atoms with van der Waals surface area (Å²) < 4.78 is 0. The average Bonchev–Trinajstić information content (AvgIpc) is 2.67. The van der Waals surface area contributed by atoms with E-state index in [1.165, 1.54) is 38.6 Å². The predicted octanol–water partition coefficient (Wildman–Crippen LogP) is 0.570. The van der Waals surface area contributed by atoms with Gasteiger partial charge in [0.05, 0.1) is 0 Å². The maximum atomic E-state index is 9.08. The summed E-state index contributed by atoms with van der Waals surface area (Å²) in [6, 6.07) is 1.20. The Labute approximate surface area is 86.3 Å². The second-order valence-corrected chi connectivity index (χ2v) is 4.90. The molecule has 1 heterocycles. The minimum atomic E-state index is 0.364. The van der Waals surface area contributed by atoms with Crippen LogP contribution in [0, 0.1) is 5.92 Å². The minimum absolute atomic E-state index is 0.364. The van der Waals surface area contributed by atoms with Crippen molar-refractivity contribution < 1.29 is 5.11 Å². The quantitative estimate of drug-likeness (QED) is 0.682. The molecule has 1 aliphatic carbocycles. The van der Waals surface area contributed by atoms with Crippen molar-refractivity contribution in [3.05, 3.63) is 0 Å². The van der Waals surface area contributed by atoms with Crippen molar-refractivity contribution in [3.8, 4) is 0 Å². The van der Waals surface area contributed by atoms with Gasteiger partial charge in [-0.15, -0.1) is 0 Å². The molecule has 2 fully saturated rings. The Hall–Kier alpha value is -0.120. The first kappa shape index (κ1) is 10.4. The van der Waals surface area contributed by atoms with Crippen molar-refractivity contribution in [1.29, 1.82) is 0 Å². The third-order valence-corrected chi connectivity index (χ3v) is 3.83. The molecule has 0 aromatic rings. The molecule has 1 saturated carbocycles. The predicted molar refractivity (Wildman–Crippen MR) is 57.0 cm³/mol. The molecule has 2 aliphatic rings. The first-order valence-electron chi connectivity index (χ1n) is 5.90. The van der Waals surface area contributed by atoms with Crippen LogP contribution in [0.4, 0.5) is 0 Å². The van der Waals surface area contributed by atoms with Crippen LogP contribution in [-0.2, 0) is 0 Å². The average molecular weight is 198 g/mol. The van der Waals surface area contributed by atoms with E-state index in [4.69, 9.17) is 10.8 Å². The van der Waals surface area contributed by atoms with Crippen molar-refractivity contribution in [2.45, 2.75) is 44.2 Å². The Morgan fingerprint density at radius 3 is 2.43 bits per heavy atom. The molecule has 1 atom stereocenters. The lowest BCUT2D eigenvalue weighted by atomic mass is 9.91. The normalized spacial score (nSPS) is 40.3. The second kappa shape index (κ2) is 4.60. The number of nitrogens with zero attached hydrogens (tertiary/aromatic N) is 1. The summed E-state index contributed by atoms with van der Waals surface area (Å²) >= 11 is 0. The van der Waals surface area contributed by atoms with E-state index in [0.29, 0.717) is 18.6 Å². The lowest BCUT2D eigenvalue weighted by Gasteiger charge is -2.33. The molecule has 1 aliphatic heterocycles. The summed E-state index contributed by atoms with van der Waals surface area (Å²) in [4.78, 5) is 2.56. The van der Waals surface area contributed by atoms with Crippen LogP contribution in [-0.4, -0.2) is 41.8 Å². The van der Waals surface area contributed by atoms with Gasteiger partial charge in [0.15, 0.2) is 0 Å². The van der Waals surface area contributed by atoms with Crippen molar-refractivity contribution in [2.24, 2.45) is 11.7 Å². The van der Waals surface area contributed by atoms with Crippen LogP contribution in [0.5, 0.6) is 0 Å². The van der Waals surface area contributed by atoms with Crippen LogP contribution in [0.3, 0.4) is 0 Å². The van der Waals surface area contributed by atoms with Crippen LogP contribution in [0.1, 0.15) is 32.1 Å². The molecule has 1 saturated heterocycles. The molecule has 0 radical (unpaired) electrons. The van der Waals surface area contributed by atoms with Crippen molar-refractivity contribution in [3.63, 3.8) is 0 Å². The highest BCUT2D eigenvalue weighted by atomic mass is 16.3. The smallest absolute Gasteiger partial charge is 0.0471 e. The number of aliphatic hydroxyl groups excluding tert-OH is 1. The molecule has 14 heavy (non-hydrogen) atoms. The maximum Gasteiger partial charge on any atom is 0.0471 e. The molecular formula is C11H22N2O. The Bertz CT molecular complexity index is 178. The molecule has 0 spiro atoms. The summed E-state index contributed by atoms with van der Waals surface area (Å²) in [6.07, 6.45) is 6.08. The molecule has 3 nitrogen and oxygen atoms in total. The summed E-state index contributed by atoms with van der Waals surface area (Å²) in [7, 11) is 0. The van der Waals surface area contributed by atoms with E-state index in [1.807, 2.05) is 0 Å². The zero-order valence-corrected chi connectivity index (χ0v) is 8.86. The highest BCUT2D eigenvalue weighted by Gasteiger charge is 2.29. The lowest BCUT2D eigenvalue weighted by Crippen LogP contribution is -2.39. The SMILES string of the molecule is NC1CCC(N2CCC(CO)C2)CC1. The molecule has 1 unspecified atom stereocenters. The van der Waals surface area contributed by atoms with E-state index in [2.05, 4.69) is 4.90 Å². The standard InChI is InChI=1S/C11H22N2O/c12-10-1-3-11(4-2-10)13-6-5-9(7-13)8-14/h9-11,14H,1-8,12H2. The molecule has 0 aromatic heterocycles. The first-order valence-corrected chi connectivity index (χ1v) is 5.90. The van der Waals surface area contributed by atoms with Gasteiger partial charge in [-0.25, -0.2) is 0 Å². The summed E-state index contributed by atoms with van der Waals surface area (Å²) in [5.74, 6) is 0.533. The van der Waals surface area contributed by atoms with Crippen LogP contribution < -0.4 is 5.73 Å². The number of hydrogen-bond acceptors (Lipinski definition) is 3. The second-order valence-electron chi connectivity index (χ2n) is 4.90. The van der Waals surface area contributed by atoms with Gasteiger partial charge in [0.1, 0.15) is 0 Å². The van der Waals surface area contributed by atoms with Crippen LogP contribution in [0.25, 0.3) is 0 Å². The fourth-order valence-electron chi connectivity index (χ4n) is 2.81. The zero-order chi connectivity index (χ0) is 9.97. The van der Waals surface area contributed by atoms with Gasteiger partial charge >= 0.3 is 0 Å². The van der Waals surface area contributed by atoms with Gasteiger partial charge in [-0.2, -0.15) is 0 Å². The molecular weight excluding hydrogens is 176 g/mol. The number of likely N-dealkylation sites (tertiary alicyclic amines) is 1. The fraction of sp³-hybridized carbons (Fsp3) is 1.00. The van der Waals surface area contributed by atoms with Gasteiger partial charge in [0.2, 0.25) is 0 Å². The van der Waals surface area contributed by atoms with Crippen LogP contribution >= 0.6 is 0 Å². The number of nitrogens with two attached hydrogens (primary N) is 1. The van der Waals surface area contributed by atoms with E-state index in [0.717, 1.165) is 12.6 Å². The molecule has 82 valence electrons. The van der Waals surface area contributed by atoms with Gasteiger partial charge in [-0.05, 0) is 44.6 Å². The van der Waals surface area contributed by atoms with Crippen molar-refractivity contribution in [1.82, 2.24) is 4.90 Å². The molecule has 2 rings (SSSR count). The van der Waals surface area contributed by atoms with Crippen LogP contribution in [0.2, 0.25) is 0 Å². The summed E-state index contributed by atoms with van der Waals surface area (Å²) in [5.41, 5.74) is 5.89. The van der Waals surface area contributed by atoms with E-state index in [9.17, 15) is 0 Å². The van der Waals surface area contributed by atoms with Gasteiger partial charge in [0, 0.05) is 25.2 Å². The topological polar surface area (TPSA) is 49.5 Å². The molecule has 3 N–H and O–H groups in total. The third kappa shape index (κ3) is 2.27. The number of rotatable bonds is 2. The fourth-order valence-corrected chi connectivity index (χ4v) is 2.81. The molecule has 0 amide bonds. The summed E-state index contributed by atoms with van der Waals surface area (Å²) in [5, 5.41) is 9.08. The summed E-state index contributed by atoms with van der Waals surface area (Å²) in [6.45, 7) is 2.66. The first-order chi connectivity index (χ1) is 6.79. The molecule has 0 aromatic carbocycles. The number of hydrogen-bond donors (Lipinski definition) is 2. The highest BCUT2D eigenvalue weighted by Crippen LogP contribution is 2.27. The van der Waals surface area contributed by atoms with Crippen LogP contribution in [0.15, 0.2) is 0 Å². The Morgan fingerprint density at radius 2 is 1.86 bits per heavy atom. The van der Waals surface area contributed by atoms with Crippen molar-refractivity contribution >= 4 is 0 Å². The highest BCUT2D eigenvalue weighted by molar-refractivity contribution is 4.85. The third-order valence-electron chi connectivity index (χ3n) is 3.83. The van der Waals surface area contributed by atoms with E-state index in [1.54, 1.807) is 0 Å². The van der Waals surface area contributed by atoms with Crippen molar-refractivity contribution in [2.75, 3.05) is 19.7 Å².